The summed E-state index contributed by atoms with van der Waals surface area (Å²) >= 11 is 0. The van der Waals surface area contributed by atoms with Crippen molar-refractivity contribution in [2.24, 2.45) is 0 Å². The summed E-state index contributed by atoms with van der Waals surface area (Å²) in [4.78, 5) is 0. The average molecular weight is 242 g/mol. The smallest absolute Gasteiger partial charge is 0.128 e. The summed E-state index contributed by atoms with van der Waals surface area (Å²) < 4.78 is 23.7. The molecule has 0 aliphatic carbocycles. The molecule has 0 aliphatic rings. The Labute approximate surface area is 101 Å². The Bertz CT molecular complexity index is 353. The van der Waals surface area contributed by atoms with Crippen LogP contribution >= 0.6 is 0 Å². The van der Waals surface area contributed by atoms with Crippen LogP contribution in [0.3, 0.4) is 0 Å². The van der Waals surface area contributed by atoms with Gasteiger partial charge in [-0.05, 0) is 26.0 Å². The van der Waals surface area contributed by atoms with Gasteiger partial charge in [0, 0.05) is 31.8 Å². The fraction of sp³-hybridized carbons (Fsp3) is 0.538. The van der Waals surface area contributed by atoms with Gasteiger partial charge in [-0.3, -0.25) is 0 Å². The standard InChI is InChI=1S/C13H19FO3/c1-9(6-7-16-3)17-13-8-11(14)4-5-12(13)10(2)15/h4-5,8-10,15H,6-7H2,1-3H3/t9?,10-/m1/s1. The van der Waals surface area contributed by atoms with Gasteiger partial charge in [0.25, 0.3) is 0 Å². The summed E-state index contributed by atoms with van der Waals surface area (Å²) in [6, 6.07) is 4.15. The quantitative estimate of drug-likeness (QED) is 0.833. The lowest BCUT2D eigenvalue weighted by molar-refractivity contribution is 0.129. The van der Waals surface area contributed by atoms with Crippen molar-refractivity contribution in [3.05, 3.63) is 29.6 Å². The maximum Gasteiger partial charge on any atom is 0.128 e. The SMILES string of the molecule is COCCC(C)Oc1cc(F)ccc1[C@@H](C)O. The van der Waals surface area contributed by atoms with E-state index in [1.165, 1.54) is 12.1 Å². The van der Waals surface area contributed by atoms with Crippen LogP contribution in [-0.2, 0) is 4.74 Å². The van der Waals surface area contributed by atoms with Crippen LogP contribution in [0.5, 0.6) is 5.75 Å². The van der Waals surface area contributed by atoms with Crippen LogP contribution in [0.2, 0.25) is 0 Å². The van der Waals surface area contributed by atoms with E-state index in [9.17, 15) is 9.50 Å². The number of aliphatic hydroxyl groups is 1. The normalized spacial score (nSPS) is 14.4. The molecule has 1 unspecified atom stereocenters. The van der Waals surface area contributed by atoms with Gasteiger partial charge in [0.2, 0.25) is 0 Å². The lowest BCUT2D eigenvalue weighted by Crippen LogP contribution is -2.15. The molecule has 0 aromatic heterocycles. The first-order chi connectivity index (χ1) is 8.04. The molecule has 4 heteroatoms. The second-order valence-electron chi connectivity index (χ2n) is 4.07. The molecule has 2 atom stereocenters. The molecule has 1 aromatic rings. The third kappa shape index (κ3) is 4.32. The minimum absolute atomic E-state index is 0.0887. The second kappa shape index (κ2) is 6.57. The summed E-state index contributed by atoms with van der Waals surface area (Å²) in [5.41, 5.74) is 0.593. The van der Waals surface area contributed by atoms with Crippen LogP contribution in [-0.4, -0.2) is 24.9 Å². The fourth-order valence-electron chi connectivity index (χ4n) is 1.51. The summed E-state index contributed by atoms with van der Waals surface area (Å²) in [7, 11) is 1.62. The van der Waals surface area contributed by atoms with Gasteiger partial charge in [-0.1, -0.05) is 0 Å². The molecular weight excluding hydrogens is 223 g/mol. The van der Waals surface area contributed by atoms with E-state index in [1.807, 2.05) is 6.92 Å². The minimum Gasteiger partial charge on any atom is -0.490 e. The van der Waals surface area contributed by atoms with Crippen LogP contribution in [0, 0.1) is 5.82 Å². The van der Waals surface area contributed by atoms with Gasteiger partial charge in [-0.15, -0.1) is 0 Å². The fourth-order valence-corrected chi connectivity index (χ4v) is 1.51. The third-order valence-corrected chi connectivity index (χ3v) is 2.48. The summed E-state index contributed by atoms with van der Waals surface area (Å²) in [6.45, 7) is 4.09. The third-order valence-electron chi connectivity index (χ3n) is 2.48. The highest BCUT2D eigenvalue weighted by molar-refractivity contribution is 5.35. The van der Waals surface area contributed by atoms with Crippen LogP contribution in [0.25, 0.3) is 0 Å². The summed E-state index contributed by atoms with van der Waals surface area (Å²) in [5, 5.41) is 9.56. The number of rotatable bonds is 6. The van der Waals surface area contributed by atoms with Crippen molar-refractivity contribution in [3.8, 4) is 5.75 Å². The number of ether oxygens (including phenoxy) is 2. The molecule has 0 spiro atoms. The van der Waals surface area contributed by atoms with Crippen molar-refractivity contribution in [1.82, 2.24) is 0 Å². The van der Waals surface area contributed by atoms with Crippen molar-refractivity contribution in [1.29, 1.82) is 0 Å². The van der Waals surface area contributed by atoms with Gasteiger partial charge < -0.3 is 14.6 Å². The summed E-state index contributed by atoms with van der Waals surface area (Å²) in [6.07, 6.45) is -0.0545. The minimum atomic E-state index is -0.680. The number of hydrogen-bond acceptors (Lipinski definition) is 3. The molecule has 1 aromatic carbocycles. The maximum atomic E-state index is 13.1. The number of hydrogen-bond donors (Lipinski definition) is 1. The molecule has 3 nitrogen and oxygen atoms in total. The number of halogens is 1. The van der Waals surface area contributed by atoms with E-state index in [1.54, 1.807) is 20.1 Å². The van der Waals surface area contributed by atoms with Crippen molar-refractivity contribution in [3.63, 3.8) is 0 Å². The number of aliphatic hydroxyl groups excluding tert-OH is 1. The van der Waals surface area contributed by atoms with E-state index in [0.29, 0.717) is 24.3 Å². The molecule has 0 amide bonds. The molecule has 0 saturated carbocycles. The van der Waals surface area contributed by atoms with E-state index in [4.69, 9.17) is 9.47 Å². The van der Waals surface area contributed by atoms with Crippen molar-refractivity contribution in [2.75, 3.05) is 13.7 Å². The molecule has 1 N–H and O–H groups in total. The van der Waals surface area contributed by atoms with Crippen LogP contribution in [0.15, 0.2) is 18.2 Å². The Hall–Kier alpha value is -1.13. The van der Waals surface area contributed by atoms with Crippen molar-refractivity contribution < 1.29 is 19.0 Å². The monoisotopic (exact) mass is 242 g/mol. The van der Waals surface area contributed by atoms with Gasteiger partial charge in [-0.25, -0.2) is 4.39 Å². The maximum absolute atomic E-state index is 13.1. The average Bonchev–Trinajstić information content (AvgIpc) is 2.26. The Kier molecular flexibility index (Phi) is 5.38. The highest BCUT2D eigenvalue weighted by Gasteiger charge is 2.13. The zero-order valence-corrected chi connectivity index (χ0v) is 10.4. The molecule has 0 aliphatic heterocycles. The first kappa shape index (κ1) is 13.9. The van der Waals surface area contributed by atoms with Crippen molar-refractivity contribution >= 4 is 0 Å². The molecule has 0 saturated heterocycles. The zero-order valence-electron chi connectivity index (χ0n) is 10.4. The van der Waals surface area contributed by atoms with E-state index >= 15 is 0 Å². The van der Waals surface area contributed by atoms with Crippen LogP contribution in [0.1, 0.15) is 31.9 Å². The summed E-state index contributed by atoms with van der Waals surface area (Å²) in [5.74, 6) is 0.0203. The Morgan fingerprint density at radius 2 is 2.06 bits per heavy atom. The van der Waals surface area contributed by atoms with Gasteiger partial charge in [0.05, 0.1) is 12.2 Å². The van der Waals surface area contributed by atoms with Crippen molar-refractivity contribution in [2.45, 2.75) is 32.5 Å². The number of methoxy groups -OCH3 is 1. The molecule has 0 bridgehead atoms. The molecule has 96 valence electrons. The zero-order chi connectivity index (χ0) is 12.8. The molecular formula is C13H19FO3. The van der Waals surface area contributed by atoms with E-state index in [-0.39, 0.29) is 11.9 Å². The first-order valence-corrected chi connectivity index (χ1v) is 5.67. The van der Waals surface area contributed by atoms with Gasteiger partial charge in [0.15, 0.2) is 0 Å². The molecule has 0 heterocycles. The van der Waals surface area contributed by atoms with Crippen LogP contribution in [0.4, 0.5) is 4.39 Å². The van der Waals surface area contributed by atoms with Gasteiger partial charge in [-0.2, -0.15) is 0 Å². The molecule has 0 radical (unpaired) electrons. The van der Waals surface area contributed by atoms with Gasteiger partial charge >= 0.3 is 0 Å². The van der Waals surface area contributed by atoms with Crippen LogP contribution < -0.4 is 4.74 Å². The predicted molar refractivity (Wildman–Crippen MR) is 63.6 cm³/mol. The highest BCUT2D eigenvalue weighted by Crippen LogP contribution is 2.27. The Morgan fingerprint density at radius 1 is 1.35 bits per heavy atom. The Balaban J connectivity index is 2.77. The van der Waals surface area contributed by atoms with E-state index in [2.05, 4.69) is 0 Å². The van der Waals surface area contributed by atoms with E-state index < -0.39 is 6.10 Å². The first-order valence-electron chi connectivity index (χ1n) is 5.67. The lowest BCUT2D eigenvalue weighted by atomic mass is 10.1. The predicted octanol–water partition coefficient (Wildman–Crippen LogP) is 2.68. The largest absolute Gasteiger partial charge is 0.490 e. The topological polar surface area (TPSA) is 38.7 Å². The number of benzene rings is 1. The lowest BCUT2D eigenvalue weighted by Gasteiger charge is -2.18. The molecule has 1 rings (SSSR count). The highest BCUT2D eigenvalue weighted by atomic mass is 19.1. The van der Waals surface area contributed by atoms with Gasteiger partial charge in [0.1, 0.15) is 11.6 Å². The molecule has 0 fully saturated rings. The second-order valence-corrected chi connectivity index (χ2v) is 4.07. The Morgan fingerprint density at radius 3 is 2.65 bits per heavy atom. The molecule has 17 heavy (non-hydrogen) atoms. The van der Waals surface area contributed by atoms with E-state index in [0.717, 1.165) is 0 Å².